The Kier molecular flexibility index (Phi) is 6.93. The second kappa shape index (κ2) is 9.16. The molecule has 0 heterocycles. The lowest BCUT2D eigenvalue weighted by molar-refractivity contribution is 0.0995. The van der Waals surface area contributed by atoms with Gasteiger partial charge in [-0.3, -0.25) is 9.59 Å². The van der Waals surface area contributed by atoms with Crippen molar-refractivity contribution >= 4 is 11.7 Å². The van der Waals surface area contributed by atoms with Crippen LogP contribution in [0.4, 0.5) is 0 Å². The monoisotopic (exact) mass is 337 g/mol. The van der Waals surface area contributed by atoms with E-state index in [9.17, 15) is 9.59 Å². The minimum Gasteiger partial charge on any atom is -0.366 e. The molecule has 0 atom stereocenters. The maximum absolute atomic E-state index is 13.0. The molecule has 0 saturated heterocycles. The summed E-state index contributed by atoms with van der Waals surface area (Å²) in [6, 6.07) is 12.8. The van der Waals surface area contributed by atoms with Crippen LogP contribution in [0.1, 0.15) is 76.9 Å². The van der Waals surface area contributed by atoms with E-state index in [-0.39, 0.29) is 5.78 Å². The van der Waals surface area contributed by atoms with Crippen molar-refractivity contribution < 1.29 is 9.59 Å². The molecular weight excluding hydrogens is 310 g/mol. The van der Waals surface area contributed by atoms with E-state index in [1.165, 1.54) is 0 Å². The predicted octanol–water partition coefficient (Wildman–Crippen LogP) is 4.70. The fraction of sp³-hybridized carbons (Fsp3) is 0.364. The maximum Gasteiger partial charge on any atom is 0.248 e. The smallest absolute Gasteiger partial charge is 0.248 e. The molecule has 0 unspecified atom stereocenters. The Labute approximate surface area is 150 Å². The van der Waals surface area contributed by atoms with E-state index in [2.05, 4.69) is 13.8 Å². The molecular formula is C22H27NO2. The van der Waals surface area contributed by atoms with Gasteiger partial charge in [-0.15, -0.1) is 0 Å². The molecule has 2 aromatic rings. The molecule has 0 aliphatic carbocycles. The van der Waals surface area contributed by atoms with E-state index in [0.29, 0.717) is 16.7 Å². The number of primary amides is 1. The number of carbonyl (C=O) groups excluding carboxylic acids is 2. The summed E-state index contributed by atoms with van der Waals surface area (Å²) < 4.78 is 0. The molecule has 0 bridgehead atoms. The summed E-state index contributed by atoms with van der Waals surface area (Å²) in [6.45, 7) is 4.25. The fourth-order valence-corrected chi connectivity index (χ4v) is 3.16. The molecule has 0 saturated carbocycles. The zero-order valence-corrected chi connectivity index (χ0v) is 15.2. The van der Waals surface area contributed by atoms with Crippen molar-refractivity contribution in [1.29, 1.82) is 0 Å². The van der Waals surface area contributed by atoms with Gasteiger partial charge in [0.15, 0.2) is 5.78 Å². The van der Waals surface area contributed by atoms with Gasteiger partial charge in [0, 0.05) is 16.7 Å². The number of amides is 1. The summed E-state index contributed by atoms with van der Waals surface area (Å²) in [4.78, 5) is 24.9. The highest BCUT2D eigenvalue weighted by atomic mass is 16.1. The largest absolute Gasteiger partial charge is 0.366 e. The molecule has 2 rings (SSSR count). The van der Waals surface area contributed by atoms with Gasteiger partial charge in [-0.25, -0.2) is 0 Å². The molecule has 3 nitrogen and oxygen atoms in total. The first-order valence-electron chi connectivity index (χ1n) is 9.14. The Morgan fingerprint density at radius 3 is 1.84 bits per heavy atom. The number of ketones is 1. The summed E-state index contributed by atoms with van der Waals surface area (Å²) in [5.74, 6) is -0.400. The summed E-state index contributed by atoms with van der Waals surface area (Å²) in [7, 11) is 0. The van der Waals surface area contributed by atoms with Gasteiger partial charge in [-0.05, 0) is 48.9 Å². The maximum atomic E-state index is 13.0. The average molecular weight is 337 g/mol. The van der Waals surface area contributed by atoms with Crippen molar-refractivity contribution in [3.63, 3.8) is 0 Å². The molecule has 132 valence electrons. The minimum atomic E-state index is -0.414. The Hall–Kier alpha value is -2.42. The van der Waals surface area contributed by atoms with Gasteiger partial charge in [-0.1, -0.05) is 57.0 Å². The number of hydrogen-bond donors (Lipinski definition) is 1. The van der Waals surface area contributed by atoms with Crippen LogP contribution in [0.2, 0.25) is 0 Å². The van der Waals surface area contributed by atoms with E-state index in [4.69, 9.17) is 5.73 Å². The number of hydrogen-bond acceptors (Lipinski definition) is 2. The third kappa shape index (κ3) is 4.56. The summed E-state index contributed by atoms with van der Waals surface area (Å²) in [5, 5.41) is 0. The molecule has 0 aromatic heterocycles. The van der Waals surface area contributed by atoms with Gasteiger partial charge < -0.3 is 5.73 Å². The number of unbranched alkanes of at least 4 members (excludes halogenated alkanes) is 2. The normalized spacial score (nSPS) is 10.6. The highest BCUT2D eigenvalue weighted by Crippen LogP contribution is 2.26. The van der Waals surface area contributed by atoms with Gasteiger partial charge in [-0.2, -0.15) is 0 Å². The van der Waals surface area contributed by atoms with E-state index in [1.54, 1.807) is 12.1 Å². The first kappa shape index (κ1) is 18.9. The third-order valence-electron chi connectivity index (χ3n) is 4.54. The first-order valence-corrected chi connectivity index (χ1v) is 9.14. The van der Waals surface area contributed by atoms with Crippen LogP contribution in [0.5, 0.6) is 0 Å². The predicted molar refractivity (Wildman–Crippen MR) is 102 cm³/mol. The van der Waals surface area contributed by atoms with Crippen LogP contribution in [0.3, 0.4) is 0 Å². The molecule has 0 aliphatic heterocycles. The minimum absolute atomic E-state index is 0.0143. The molecule has 0 spiro atoms. The van der Waals surface area contributed by atoms with Gasteiger partial charge in [0.2, 0.25) is 5.91 Å². The van der Waals surface area contributed by atoms with Gasteiger partial charge in [0.25, 0.3) is 0 Å². The first-order chi connectivity index (χ1) is 12.1. The van der Waals surface area contributed by atoms with Crippen molar-refractivity contribution in [3.05, 3.63) is 70.3 Å². The molecule has 0 aliphatic rings. The molecule has 1 amide bonds. The highest BCUT2D eigenvalue weighted by molar-refractivity contribution is 6.10. The van der Waals surface area contributed by atoms with Crippen LogP contribution in [0, 0.1) is 0 Å². The molecule has 3 heteroatoms. The van der Waals surface area contributed by atoms with Crippen molar-refractivity contribution in [3.8, 4) is 0 Å². The Balaban J connectivity index is 2.57. The van der Waals surface area contributed by atoms with Crippen molar-refractivity contribution in [2.24, 2.45) is 5.73 Å². The average Bonchev–Trinajstić information content (AvgIpc) is 2.64. The summed E-state index contributed by atoms with van der Waals surface area (Å²) in [6.07, 6.45) is 5.60. The number of rotatable bonds is 9. The standard InChI is InChI=1S/C22H27NO2/c1-3-5-12-17-18(13-6-4-2)20(22(23)25)15-14-19(17)21(24)16-10-8-7-9-11-16/h7-11,14-15H,3-6,12-13H2,1-2H3,(H2,23,25). The fourth-order valence-electron chi connectivity index (χ4n) is 3.16. The Morgan fingerprint density at radius 1 is 0.800 bits per heavy atom. The van der Waals surface area contributed by atoms with Crippen LogP contribution >= 0.6 is 0 Å². The summed E-state index contributed by atoms with van der Waals surface area (Å²) in [5.41, 5.74) is 9.50. The molecule has 2 N–H and O–H groups in total. The highest BCUT2D eigenvalue weighted by Gasteiger charge is 2.20. The van der Waals surface area contributed by atoms with Crippen LogP contribution in [0.25, 0.3) is 0 Å². The van der Waals surface area contributed by atoms with Gasteiger partial charge in [0.05, 0.1) is 0 Å². The van der Waals surface area contributed by atoms with Crippen LogP contribution in [0.15, 0.2) is 42.5 Å². The topological polar surface area (TPSA) is 60.2 Å². The lowest BCUT2D eigenvalue weighted by atomic mass is 9.86. The number of carbonyl (C=O) groups is 2. The number of benzene rings is 2. The summed E-state index contributed by atoms with van der Waals surface area (Å²) >= 11 is 0. The lowest BCUT2D eigenvalue weighted by Gasteiger charge is -2.17. The van der Waals surface area contributed by atoms with Gasteiger partial charge in [0.1, 0.15) is 0 Å². The van der Waals surface area contributed by atoms with E-state index < -0.39 is 5.91 Å². The quantitative estimate of drug-likeness (QED) is 0.674. The molecule has 25 heavy (non-hydrogen) atoms. The van der Waals surface area contributed by atoms with Crippen molar-refractivity contribution in [2.45, 2.75) is 52.4 Å². The van der Waals surface area contributed by atoms with Crippen LogP contribution in [-0.4, -0.2) is 11.7 Å². The lowest BCUT2D eigenvalue weighted by Crippen LogP contribution is -2.18. The van der Waals surface area contributed by atoms with Crippen LogP contribution in [-0.2, 0) is 12.8 Å². The van der Waals surface area contributed by atoms with Crippen molar-refractivity contribution in [2.75, 3.05) is 0 Å². The third-order valence-corrected chi connectivity index (χ3v) is 4.54. The zero-order valence-electron chi connectivity index (χ0n) is 15.2. The SMILES string of the molecule is CCCCc1c(C(N)=O)ccc(C(=O)c2ccccc2)c1CCCC. The van der Waals surface area contributed by atoms with E-state index >= 15 is 0 Å². The van der Waals surface area contributed by atoms with Crippen LogP contribution < -0.4 is 5.73 Å². The second-order valence-electron chi connectivity index (χ2n) is 6.38. The molecule has 0 fully saturated rings. The van der Waals surface area contributed by atoms with Crippen molar-refractivity contribution in [1.82, 2.24) is 0 Å². The number of nitrogens with two attached hydrogens (primary N) is 1. The van der Waals surface area contributed by atoms with E-state index in [0.717, 1.165) is 49.7 Å². The second-order valence-corrected chi connectivity index (χ2v) is 6.38. The Morgan fingerprint density at radius 2 is 1.32 bits per heavy atom. The molecule has 0 radical (unpaired) electrons. The van der Waals surface area contributed by atoms with E-state index in [1.807, 2.05) is 30.3 Å². The van der Waals surface area contributed by atoms with Gasteiger partial charge >= 0.3 is 0 Å². The zero-order chi connectivity index (χ0) is 18.2. The Bertz CT molecular complexity index is 735. The molecule has 2 aromatic carbocycles.